The predicted octanol–water partition coefficient (Wildman–Crippen LogP) is 2.18. The molecule has 1 aromatic carbocycles. The normalized spacial score (nSPS) is 16.2. The number of carbonyl (C=O) groups excluding carboxylic acids is 1. The van der Waals surface area contributed by atoms with Crippen LogP contribution in [0.1, 0.15) is 38.5 Å². The van der Waals surface area contributed by atoms with Gasteiger partial charge in [-0.1, -0.05) is 56.0 Å². The number of benzene rings is 1. The van der Waals surface area contributed by atoms with Crippen LogP contribution in [0, 0.1) is 0 Å². The quantitative estimate of drug-likeness (QED) is 0.878. The molecule has 1 fully saturated rings. The molecule has 6 nitrogen and oxygen atoms in total. The molecule has 1 amide bonds. The van der Waals surface area contributed by atoms with E-state index in [1.807, 2.05) is 30.3 Å². The van der Waals surface area contributed by atoms with Crippen LogP contribution in [-0.4, -0.2) is 32.2 Å². The average molecular weight is 299 g/mol. The SMILES string of the molecule is O=C(Cn1nnc(-c2ccccc2)n1)NC1CCCCCC1. The van der Waals surface area contributed by atoms with Crippen LogP contribution in [0.4, 0.5) is 0 Å². The fourth-order valence-corrected chi connectivity index (χ4v) is 2.84. The smallest absolute Gasteiger partial charge is 0.243 e. The first kappa shape index (κ1) is 14.7. The molecule has 0 spiro atoms. The summed E-state index contributed by atoms with van der Waals surface area (Å²) in [6.07, 6.45) is 7.10. The van der Waals surface area contributed by atoms with E-state index in [0.717, 1.165) is 18.4 Å². The fourth-order valence-electron chi connectivity index (χ4n) is 2.84. The van der Waals surface area contributed by atoms with E-state index >= 15 is 0 Å². The Kier molecular flexibility index (Phi) is 4.78. The molecule has 0 saturated heterocycles. The minimum atomic E-state index is -0.0380. The van der Waals surface area contributed by atoms with Crippen LogP contribution in [0.5, 0.6) is 0 Å². The van der Waals surface area contributed by atoms with E-state index in [-0.39, 0.29) is 12.5 Å². The summed E-state index contributed by atoms with van der Waals surface area (Å²) in [5.41, 5.74) is 0.901. The number of nitrogens with one attached hydrogen (secondary N) is 1. The molecule has 0 bridgehead atoms. The standard InChI is InChI=1S/C16H21N5O/c22-15(17-14-10-6-1-2-7-11-14)12-21-19-16(18-20-21)13-8-4-3-5-9-13/h3-5,8-9,14H,1-2,6-7,10-12H2,(H,17,22). The highest BCUT2D eigenvalue weighted by molar-refractivity contribution is 5.75. The molecular formula is C16H21N5O. The van der Waals surface area contributed by atoms with Gasteiger partial charge in [0.25, 0.3) is 0 Å². The van der Waals surface area contributed by atoms with Gasteiger partial charge in [0, 0.05) is 11.6 Å². The van der Waals surface area contributed by atoms with Crippen LogP contribution in [0.25, 0.3) is 11.4 Å². The van der Waals surface area contributed by atoms with Gasteiger partial charge in [-0.2, -0.15) is 4.80 Å². The van der Waals surface area contributed by atoms with E-state index < -0.39 is 0 Å². The molecule has 22 heavy (non-hydrogen) atoms. The van der Waals surface area contributed by atoms with Crippen LogP contribution >= 0.6 is 0 Å². The number of hydrogen-bond donors (Lipinski definition) is 1. The van der Waals surface area contributed by atoms with Crippen molar-refractivity contribution in [2.45, 2.75) is 51.1 Å². The van der Waals surface area contributed by atoms with Gasteiger partial charge < -0.3 is 5.32 Å². The first-order chi connectivity index (χ1) is 10.8. The highest BCUT2D eigenvalue weighted by Crippen LogP contribution is 2.17. The summed E-state index contributed by atoms with van der Waals surface area (Å²) >= 11 is 0. The van der Waals surface area contributed by atoms with E-state index in [0.29, 0.717) is 11.9 Å². The van der Waals surface area contributed by atoms with Crippen molar-refractivity contribution in [3.8, 4) is 11.4 Å². The lowest BCUT2D eigenvalue weighted by atomic mass is 10.1. The Morgan fingerprint density at radius 1 is 1.14 bits per heavy atom. The molecule has 6 heteroatoms. The lowest BCUT2D eigenvalue weighted by molar-refractivity contribution is -0.122. The van der Waals surface area contributed by atoms with Gasteiger partial charge in [-0.15, -0.1) is 10.2 Å². The van der Waals surface area contributed by atoms with Crippen molar-refractivity contribution < 1.29 is 4.79 Å². The summed E-state index contributed by atoms with van der Waals surface area (Å²) in [7, 11) is 0. The second kappa shape index (κ2) is 7.15. The first-order valence-electron chi connectivity index (χ1n) is 7.94. The van der Waals surface area contributed by atoms with Crippen molar-refractivity contribution >= 4 is 5.91 Å². The van der Waals surface area contributed by atoms with Crippen molar-refractivity contribution in [1.29, 1.82) is 0 Å². The summed E-state index contributed by atoms with van der Waals surface area (Å²) in [6.45, 7) is 0.121. The Morgan fingerprint density at radius 2 is 1.86 bits per heavy atom. The molecule has 3 rings (SSSR count). The molecular weight excluding hydrogens is 278 g/mol. The maximum absolute atomic E-state index is 12.1. The largest absolute Gasteiger partial charge is 0.352 e. The lowest BCUT2D eigenvalue weighted by Crippen LogP contribution is -2.37. The van der Waals surface area contributed by atoms with Crippen molar-refractivity contribution in [1.82, 2.24) is 25.5 Å². The topological polar surface area (TPSA) is 72.7 Å². The van der Waals surface area contributed by atoms with E-state index in [1.54, 1.807) is 0 Å². The van der Waals surface area contributed by atoms with Gasteiger partial charge in [0.15, 0.2) is 0 Å². The Hall–Kier alpha value is -2.24. The van der Waals surface area contributed by atoms with Gasteiger partial charge >= 0.3 is 0 Å². The third kappa shape index (κ3) is 3.90. The third-order valence-electron chi connectivity index (χ3n) is 3.99. The Morgan fingerprint density at radius 3 is 2.59 bits per heavy atom. The van der Waals surface area contributed by atoms with Gasteiger partial charge in [-0.3, -0.25) is 4.79 Å². The molecule has 0 aliphatic heterocycles. The maximum atomic E-state index is 12.1. The second-order valence-corrected chi connectivity index (χ2v) is 5.77. The number of hydrogen-bond acceptors (Lipinski definition) is 4. The van der Waals surface area contributed by atoms with Gasteiger partial charge in [0.05, 0.1) is 0 Å². The van der Waals surface area contributed by atoms with Gasteiger partial charge in [-0.05, 0) is 18.1 Å². The van der Waals surface area contributed by atoms with Gasteiger partial charge in [0.2, 0.25) is 11.7 Å². The summed E-state index contributed by atoms with van der Waals surface area (Å²) in [5.74, 6) is 0.506. The van der Waals surface area contributed by atoms with E-state index in [2.05, 4.69) is 20.7 Å². The number of aromatic nitrogens is 4. The predicted molar refractivity (Wildman–Crippen MR) is 82.9 cm³/mol. The Balaban J connectivity index is 1.56. The molecule has 1 N–H and O–H groups in total. The maximum Gasteiger partial charge on any atom is 0.243 e. The second-order valence-electron chi connectivity index (χ2n) is 5.77. The molecule has 116 valence electrons. The first-order valence-corrected chi connectivity index (χ1v) is 7.94. The minimum absolute atomic E-state index is 0.0380. The summed E-state index contributed by atoms with van der Waals surface area (Å²) in [5, 5.41) is 15.3. The van der Waals surface area contributed by atoms with Crippen LogP contribution in [0.2, 0.25) is 0 Å². The number of carbonyl (C=O) groups is 1. The summed E-state index contributed by atoms with van der Waals surface area (Å²) < 4.78 is 0. The zero-order valence-electron chi connectivity index (χ0n) is 12.6. The van der Waals surface area contributed by atoms with Crippen molar-refractivity contribution in [3.63, 3.8) is 0 Å². The molecule has 1 aromatic heterocycles. The zero-order chi connectivity index (χ0) is 15.2. The number of amides is 1. The molecule has 2 aromatic rings. The molecule has 0 atom stereocenters. The Bertz CT molecular complexity index is 602. The Labute approximate surface area is 129 Å². The molecule has 0 unspecified atom stereocenters. The molecule has 0 radical (unpaired) electrons. The molecule has 1 aliphatic rings. The average Bonchev–Trinajstić information content (AvgIpc) is 2.84. The van der Waals surface area contributed by atoms with Gasteiger partial charge in [-0.25, -0.2) is 0 Å². The van der Waals surface area contributed by atoms with Crippen molar-refractivity contribution in [2.24, 2.45) is 0 Å². The van der Waals surface area contributed by atoms with Crippen LogP contribution < -0.4 is 5.32 Å². The molecule has 1 aliphatic carbocycles. The minimum Gasteiger partial charge on any atom is -0.352 e. The van der Waals surface area contributed by atoms with E-state index in [1.165, 1.54) is 30.5 Å². The fraction of sp³-hybridized carbons (Fsp3) is 0.500. The third-order valence-corrected chi connectivity index (χ3v) is 3.99. The number of rotatable bonds is 4. The highest BCUT2D eigenvalue weighted by atomic mass is 16.2. The summed E-state index contributed by atoms with van der Waals surface area (Å²) in [4.78, 5) is 13.5. The monoisotopic (exact) mass is 299 g/mol. The van der Waals surface area contributed by atoms with Crippen LogP contribution in [-0.2, 0) is 11.3 Å². The van der Waals surface area contributed by atoms with E-state index in [9.17, 15) is 4.79 Å². The summed E-state index contributed by atoms with van der Waals surface area (Å²) in [6, 6.07) is 9.93. The van der Waals surface area contributed by atoms with Gasteiger partial charge in [0.1, 0.15) is 6.54 Å². The molecule has 1 heterocycles. The lowest BCUT2D eigenvalue weighted by Gasteiger charge is -2.15. The highest BCUT2D eigenvalue weighted by Gasteiger charge is 2.16. The molecule has 1 saturated carbocycles. The number of nitrogens with zero attached hydrogens (tertiary/aromatic N) is 4. The van der Waals surface area contributed by atoms with Crippen LogP contribution in [0.15, 0.2) is 30.3 Å². The van der Waals surface area contributed by atoms with Crippen molar-refractivity contribution in [3.05, 3.63) is 30.3 Å². The zero-order valence-corrected chi connectivity index (χ0v) is 12.6. The van der Waals surface area contributed by atoms with Crippen molar-refractivity contribution in [2.75, 3.05) is 0 Å². The van der Waals surface area contributed by atoms with E-state index in [4.69, 9.17) is 0 Å². The van der Waals surface area contributed by atoms with Crippen LogP contribution in [0.3, 0.4) is 0 Å². The number of tetrazole rings is 1.